The zero-order valence-corrected chi connectivity index (χ0v) is 8.86. The van der Waals surface area contributed by atoms with Gasteiger partial charge in [0.1, 0.15) is 0 Å². The van der Waals surface area contributed by atoms with Gasteiger partial charge in [0.15, 0.2) is 0 Å². The number of carbonyl (C=O) groups is 1. The minimum atomic E-state index is -0.483. The van der Waals surface area contributed by atoms with E-state index in [0.717, 1.165) is 19.5 Å². The van der Waals surface area contributed by atoms with E-state index in [4.69, 9.17) is 5.73 Å². The second-order valence-electron chi connectivity index (χ2n) is 3.24. The predicted molar refractivity (Wildman–Crippen MR) is 57.4 cm³/mol. The molecule has 0 saturated heterocycles. The van der Waals surface area contributed by atoms with E-state index in [1.807, 2.05) is 17.8 Å². The summed E-state index contributed by atoms with van der Waals surface area (Å²) in [6, 6.07) is 1.51. The number of hydrogen-bond acceptors (Lipinski definition) is 3. The number of nitrogens with one attached hydrogen (secondary N) is 2. The van der Waals surface area contributed by atoms with Crippen LogP contribution in [-0.4, -0.2) is 35.4 Å². The number of hydrogen-bond donors (Lipinski definition) is 3. The normalized spacial score (nSPS) is 10.2. The van der Waals surface area contributed by atoms with Gasteiger partial charge in [0.2, 0.25) is 0 Å². The molecule has 2 amide bonds. The molecule has 0 aliphatic rings. The Bertz CT molecular complexity index is 309. The van der Waals surface area contributed by atoms with E-state index < -0.39 is 6.03 Å². The van der Waals surface area contributed by atoms with Crippen molar-refractivity contribution in [3.8, 4) is 0 Å². The van der Waals surface area contributed by atoms with E-state index in [1.165, 1.54) is 5.69 Å². The van der Waals surface area contributed by atoms with E-state index in [0.29, 0.717) is 6.54 Å². The van der Waals surface area contributed by atoms with Gasteiger partial charge in [0.05, 0.1) is 0 Å². The summed E-state index contributed by atoms with van der Waals surface area (Å²) < 4.78 is 1.85. The monoisotopic (exact) mass is 211 g/mol. The highest BCUT2D eigenvalue weighted by Gasteiger charge is 1.97. The zero-order valence-electron chi connectivity index (χ0n) is 8.86. The number of nitrogens with two attached hydrogens (primary N) is 1. The summed E-state index contributed by atoms with van der Waals surface area (Å²) in [5.74, 6) is 0. The third-order valence-electron chi connectivity index (χ3n) is 2.08. The van der Waals surface area contributed by atoms with Crippen LogP contribution in [0.4, 0.5) is 4.79 Å². The molecule has 0 aliphatic carbocycles. The molecule has 0 unspecified atom stereocenters. The molecule has 6 heteroatoms. The number of aromatic nitrogens is 2. The third-order valence-corrected chi connectivity index (χ3v) is 2.08. The van der Waals surface area contributed by atoms with Gasteiger partial charge in [0, 0.05) is 45.0 Å². The molecule has 0 aliphatic heterocycles. The number of amides is 2. The van der Waals surface area contributed by atoms with Gasteiger partial charge in [-0.1, -0.05) is 0 Å². The number of nitrogens with zero attached hydrogens (tertiary/aromatic N) is 2. The van der Waals surface area contributed by atoms with Crippen molar-refractivity contribution >= 4 is 6.03 Å². The molecular weight excluding hydrogens is 194 g/mol. The first-order valence-corrected chi connectivity index (χ1v) is 4.91. The van der Waals surface area contributed by atoms with Gasteiger partial charge in [-0.15, -0.1) is 0 Å². The SMILES string of the molecule is Cn1nccc1CCNCCNC(N)=O. The molecule has 0 atom stereocenters. The first kappa shape index (κ1) is 11.5. The van der Waals surface area contributed by atoms with Crippen LogP contribution < -0.4 is 16.4 Å². The maximum Gasteiger partial charge on any atom is 0.312 e. The summed E-state index contributed by atoms with van der Waals surface area (Å²) in [5, 5.41) is 9.77. The average Bonchev–Trinajstić information content (AvgIpc) is 2.57. The van der Waals surface area contributed by atoms with Gasteiger partial charge in [0.25, 0.3) is 0 Å². The maximum absolute atomic E-state index is 10.3. The topological polar surface area (TPSA) is 85.0 Å². The van der Waals surface area contributed by atoms with Crippen molar-refractivity contribution in [3.63, 3.8) is 0 Å². The fraction of sp³-hybridized carbons (Fsp3) is 0.556. The molecule has 1 rings (SSSR count). The van der Waals surface area contributed by atoms with Gasteiger partial charge < -0.3 is 16.4 Å². The molecule has 1 heterocycles. The standard InChI is InChI=1S/C9H17N5O/c1-14-8(3-5-13-14)2-4-11-6-7-12-9(10)15/h3,5,11H,2,4,6-7H2,1H3,(H3,10,12,15). The lowest BCUT2D eigenvalue weighted by Gasteiger charge is -2.05. The van der Waals surface area contributed by atoms with Crippen molar-refractivity contribution in [2.24, 2.45) is 12.8 Å². The van der Waals surface area contributed by atoms with Crippen LogP contribution in [0.15, 0.2) is 12.3 Å². The first-order valence-electron chi connectivity index (χ1n) is 4.91. The quantitative estimate of drug-likeness (QED) is 0.540. The van der Waals surface area contributed by atoms with Crippen LogP contribution in [-0.2, 0) is 13.5 Å². The molecule has 0 bridgehead atoms. The Labute approximate surface area is 88.8 Å². The fourth-order valence-corrected chi connectivity index (χ4v) is 1.26. The van der Waals surface area contributed by atoms with Crippen LogP contribution in [0, 0.1) is 0 Å². The molecule has 0 radical (unpaired) electrons. The molecule has 1 aromatic heterocycles. The molecule has 15 heavy (non-hydrogen) atoms. The van der Waals surface area contributed by atoms with Crippen LogP contribution in [0.25, 0.3) is 0 Å². The van der Waals surface area contributed by atoms with Gasteiger partial charge >= 0.3 is 6.03 Å². The molecule has 0 fully saturated rings. The average molecular weight is 211 g/mol. The summed E-state index contributed by atoms with van der Waals surface area (Å²) in [6.45, 7) is 2.14. The van der Waals surface area contributed by atoms with Crippen molar-refractivity contribution in [2.75, 3.05) is 19.6 Å². The zero-order chi connectivity index (χ0) is 11.1. The van der Waals surface area contributed by atoms with Gasteiger partial charge in [-0.2, -0.15) is 5.10 Å². The van der Waals surface area contributed by atoms with Crippen molar-refractivity contribution in [1.29, 1.82) is 0 Å². The number of carbonyl (C=O) groups excluding carboxylic acids is 1. The van der Waals surface area contributed by atoms with E-state index in [2.05, 4.69) is 15.7 Å². The van der Waals surface area contributed by atoms with Crippen molar-refractivity contribution in [1.82, 2.24) is 20.4 Å². The number of rotatable bonds is 6. The van der Waals surface area contributed by atoms with Crippen LogP contribution in [0.3, 0.4) is 0 Å². The molecule has 84 valence electrons. The summed E-state index contributed by atoms with van der Waals surface area (Å²) in [6.07, 6.45) is 2.71. The number of primary amides is 1. The minimum absolute atomic E-state index is 0.483. The van der Waals surface area contributed by atoms with Gasteiger partial charge in [-0.05, 0) is 6.07 Å². The molecule has 4 N–H and O–H groups in total. The molecule has 1 aromatic rings. The van der Waals surface area contributed by atoms with Gasteiger partial charge in [-0.3, -0.25) is 4.68 Å². The largest absolute Gasteiger partial charge is 0.352 e. The number of aryl methyl sites for hydroxylation is 1. The first-order chi connectivity index (χ1) is 7.20. The summed E-state index contributed by atoms with van der Waals surface area (Å²) in [7, 11) is 1.92. The predicted octanol–water partition coefficient (Wildman–Crippen LogP) is -0.779. The summed E-state index contributed by atoms with van der Waals surface area (Å²) >= 11 is 0. The lowest BCUT2D eigenvalue weighted by atomic mass is 10.3. The summed E-state index contributed by atoms with van der Waals surface area (Å²) in [4.78, 5) is 10.3. The number of urea groups is 1. The van der Waals surface area contributed by atoms with Gasteiger partial charge in [-0.25, -0.2) is 4.79 Å². The second-order valence-corrected chi connectivity index (χ2v) is 3.24. The molecule has 6 nitrogen and oxygen atoms in total. The Morgan fingerprint density at radius 3 is 2.93 bits per heavy atom. The van der Waals surface area contributed by atoms with E-state index in [1.54, 1.807) is 6.20 Å². The van der Waals surface area contributed by atoms with E-state index >= 15 is 0 Å². The molecule has 0 saturated carbocycles. The van der Waals surface area contributed by atoms with Crippen molar-refractivity contribution in [3.05, 3.63) is 18.0 Å². The van der Waals surface area contributed by atoms with Crippen LogP contribution >= 0.6 is 0 Å². The van der Waals surface area contributed by atoms with Crippen LogP contribution in [0.2, 0.25) is 0 Å². The smallest absolute Gasteiger partial charge is 0.312 e. The highest BCUT2D eigenvalue weighted by Crippen LogP contribution is 1.95. The van der Waals surface area contributed by atoms with E-state index in [9.17, 15) is 4.79 Å². The Hall–Kier alpha value is -1.56. The Morgan fingerprint density at radius 1 is 1.53 bits per heavy atom. The van der Waals surface area contributed by atoms with Crippen LogP contribution in [0.5, 0.6) is 0 Å². The van der Waals surface area contributed by atoms with Crippen molar-refractivity contribution in [2.45, 2.75) is 6.42 Å². The Kier molecular flexibility index (Phi) is 4.62. The second kappa shape index (κ2) is 6.02. The highest BCUT2D eigenvalue weighted by molar-refractivity contribution is 5.71. The third kappa shape index (κ3) is 4.46. The minimum Gasteiger partial charge on any atom is -0.352 e. The van der Waals surface area contributed by atoms with Crippen molar-refractivity contribution < 1.29 is 4.79 Å². The molecule has 0 aromatic carbocycles. The van der Waals surface area contributed by atoms with Crippen LogP contribution in [0.1, 0.15) is 5.69 Å². The molecular formula is C9H17N5O. The maximum atomic E-state index is 10.3. The molecule has 0 spiro atoms. The van der Waals surface area contributed by atoms with E-state index in [-0.39, 0.29) is 0 Å². The fourth-order valence-electron chi connectivity index (χ4n) is 1.26. The lowest BCUT2D eigenvalue weighted by Crippen LogP contribution is -2.35. The summed E-state index contributed by atoms with van der Waals surface area (Å²) in [5.41, 5.74) is 6.10. The Balaban J connectivity index is 2.03. The highest BCUT2D eigenvalue weighted by atomic mass is 16.2. The Morgan fingerprint density at radius 2 is 2.33 bits per heavy atom. The lowest BCUT2D eigenvalue weighted by molar-refractivity contribution is 0.249.